The second kappa shape index (κ2) is 6.61. The van der Waals surface area contributed by atoms with Gasteiger partial charge in [0.25, 0.3) is 0 Å². The third kappa shape index (κ3) is 4.02. The summed E-state index contributed by atoms with van der Waals surface area (Å²) in [4.78, 5) is 13.8. The van der Waals surface area contributed by atoms with Crippen molar-refractivity contribution in [2.45, 2.75) is 6.54 Å². The van der Waals surface area contributed by atoms with Gasteiger partial charge in [-0.1, -0.05) is 30.3 Å². The number of hydrogen-bond donors (Lipinski definition) is 2. The standard InChI is InChI=1S/C16H19N3O/c1-19(2)15-10-8-13(9-11-15)12-17-16(20)18-14-6-4-3-5-7-14/h3-11H,12H2,1-2H3,(H2,17,18,20). The SMILES string of the molecule is CN(C)c1ccc(CNC(=O)Nc2ccccc2)cc1. The maximum atomic E-state index is 11.7. The van der Waals surface area contributed by atoms with Gasteiger partial charge in [0.1, 0.15) is 0 Å². The second-order valence-corrected chi connectivity index (χ2v) is 4.73. The fraction of sp³-hybridized carbons (Fsp3) is 0.188. The lowest BCUT2D eigenvalue weighted by Gasteiger charge is -2.13. The van der Waals surface area contributed by atoms with Crippen molar-refractivity contribution < 1.29 is 4.79 Å². The number of benzene rings is 2. The number of carbonyl (C=O) groups is 1. The highest BCUT2D eigenvalue weighted by atomic mass is 16.2. The lowest BCUT2D eigenvalue weighted by Crippen LogP contribution is -2.28. The number of carbonyl (C=O) groups excluding carboxylic acids is 1. The molecule has 2 aromatic rings. The Kier molecular flexibility index (Phi) is 4.60. The monoisotopic (exact) mass is 269 g/mol. The van der Waals surface area contributed by atoms with Gasteiger partial charge in [-0.2, -0.15) is 0 Å². The quantitative estimate of drug-likeness (QED) is 0.896. The van der Waals surface area contributed by atoms with Gasteiger partial charge < -0.3 is 15.5 Å². The molecule has 4 heteroatoms. The lowest BCUT2D eigenvalue weighted by molar-refractivity contribution is 0.251. The van der Waals surface area contributed by atoms with Crippen molar-refractivity contribution in [3.05, 3.63) is 60.2 Å². The molecule has 0 saturated heterocycles. The number of para-hydroxylation sites is 1. The summed E-state index contributed by atoms with van der Waals surface area (Å²) < 4.78 is 0. The van der Waals surface area contributed by atoms with Gasteiger partial charge >= 0.3 is 6.03 Å². The molecule has 4 nitrogen and oxygen atoms in total. The Hall–Kier alpha value is -2.49. The van der Waals surface area contributed by atoms with Crippen molar-refractivity contribution in [3.63, 3.8) is 0 Å². The molecule has 0 spiro atoms. The van der Waals surface area contributed by atoms with Crippen LogP contribution < -0.4 is 15.5 Å². The first-order valence-corrected chi connectivity index (χ1v) is 6.51. The van der Waals surface area contributed by atoms with Crippen molar-refractivity contribution in [2.75, 3.05) is 24.3 Å². The average molecular weight is 269 g/mol. The number of amides is 2. The molecule has 0 aliphatic rings. The molecule has 2 N–H and O–H groups in total. The Morgan fingerprint density at radius 2 is 1.65 bits per heavy atom. The van der Waals surface area contributed by atoms with E-state index in [2.05, 4.69) is 10.6 Å². The fourth-order valence-corrected chi connectivity index (χ4v) is 1.79. The average Bonchev–Trinajstić information content (AvgIpc) is 2.46. The minimum Gasteiger partial charge on any atom is -0.378 e. The first-order valence-electron chi connectivity index (χ1n) is 6.51. The maximum absolute atomic E-state index is 11.7. The minimum atomic E-state index is -0.201. The van der Waals surface area contributed by atoms with E-state index < -0.39 is 0 Å². The zero-order chi connectivity index (χ0) is 14.4. The normalized spacial score (nSPS) is 9.90. The summed E-state index contributed by atoms with van der Waals surface area (Å²) in [5.41, 5.74) is 2.99. The first kappa shape index (κ1) is 13.9. The Labute approximate surface area is 119 Å². The summed E-state index contributed by atoms with van der Waals surface area (Å²) >= 11 is 0. The molecule has 20 heavy (non-hydrogen) atoms. The molecule has 0 aromatic heterocycles. The molecule has 0 aliphatic heterocycles. The van der Waals surface area contributed by atoms with Gasteiger partial charge in [0.05, 0.1) is 0 Å². The predicted molar refractivity (Wildman–Crippen MR) is 83.1 cm³/mol. The van der Waals surface area contributed by atoms with E-state index >= 15 is 0 Å². The molecule has 0 saturated carbocycles. The number of nitrogens with zero attached hydrogens (tertiary/aromatic N) is 1. The van der Waals surface area contributed by atoms with Crippen LogP contribution in [0.2, 0.25) is 0 Å². The van der Waals surface area contributed by atoms with Crippen LogP contribution in [-0.4, -0.2) is 20.1 Å². The first-order chi connectivity index (χ1) is 9.65. The Morgan fingerprint density at radius 1 is 1.00 bits per heavy atom. The van der Waals surface area contributed by atoms with Gasteiger partial charge in [-0.15, -0.1) is 0 Å². The van der Waals surface area contributed by atoms with E-state index in [9.17, 15) is 4.79 Å². The minimum absolute atomic E-state index is 0.201. The van der Waals surface area contributed by atoms with E-state index in [1.807, 2.05) is 73.6 Å². The van der Waals surface area contributed by atoms with Crippen molar-refractivity contribution in [1.29, 1.82) is 0 Å². The summed E-state index contributed by atoms with van der Waals surface area (Å²) in [5.74, 6) is 0. The smallest absolute Gasteiger partial charge is 0.319 e. The Balaban J connectivity index is 1.84. The second-order valence-electron chi connectivity index (χ2n) is 4.73. The molecular weight excluding hydrogens is 250 g/mol. The van der Waals surface area contributed by atoms with Crippen LogP contribution in [0.15, 0.2) is 54.6 Å². The van der Waals surface area contributed by atoms with Crippen molar-refractivity contribution in [3.8, 4) is 0 Å². The molecule has 2 aromatic carbocycles. The predicted octanol–water partition coefficient (Wildman–Crippen LogP) is 3.07. The molecule has 0 bridgehead atoms. The third-order valence-electron chi connectivity index (χ3n) is 2.94. The molecule has 0 aliphatic carbocycles. The highest BCUT2D eigenvalue weighted by molar-refractivity contribution is 5.89. The molecule has 104 valence electrons. The van der Waals surface area contributed by atoms with Crippen molar-refractivity contribution in [1.82, 2.24) is 5.32 Å². The van der Waals surface area contributed by atoms with Crippen molar-refractivity contribution >= 4 is 17.4 Å². The van der Waals surface area contributed by atoms with E-state index in [4.69, 9.17) is 0 Å². The molecule has 0 fully saturated rings. The van der Waals surface area contributed by atoms with Crippen LogP contribution in [0.3, 0.4) is 0 Å². The van der Waals surface area contributed by atoms with E-state index in [1.54, 1.807) is 0 Å². The van der Waals surface area contributed by atoms with Crippen LogP contribution in [0.1, 0.15) is 5.56 Å². The van der Waals surface area contributed by atoms with Crippen molar-refractivity contribution in [2.24, 2.45) is 0 Å². The van der Waals surface area contributed by atoms with Crippen LogP contribution >= 0.6 is 0 Å². The zero-order valence-electron chi connectivity index (χ0n) is 11.8. The molecule has 0 unspecified atom stereocenters. The third-order valence-corrected chi connectivity index (χ3v) is 2.94. The summed E-state index contributed by atoms with van der Waals surface area (Å²) in [6.07, 6.45) is 0. The maximum Gasteiger partial charge on any atom is 0.319 e. The van der Waals surface area contributed by atoms with E-state index in [1.165, 1.54) is 0 Å². The van der Waals surface area contributed by atoms with Crippen LogP contribution in [0.5, 0.6) is 0 Å². The summed E-state index contributed by atoms with van der Waals surface area (Å²) in [5, 5.41) is 5.62. The van der Waals surface area contributed by atoms with Gasteiger partial charge in [0, 0.05) is 32.0 Å². The highest BCUT2D eigenvalue weighted by Crippen LogP contribution is 2.12. The van der Waals surface area contributed by atoms with Gasteiger partial charge in [-0.25, -0.2) is 4.79 Å². The van der Waals surface area contributed by atoms with Gasteiger partial charge in [-0.05, 0) is 29.8 Å². The molecular formula is C16H19N3O. The topological polar surface area (TPSA) is 44.4 Å². The summed E-state index contributed by atoms with van der Waals surface area (Å²) in [6.45, 7) is 0.506. The number of anilines is 2. The number of hydrogen-bond acceptors (Lipinski definition) is 2. The van der Waals surface area contributed by atoms with Gasteiger partial charge in [0.15, 0.2) is 0 Å². The van der Waals surface area contributed by atoms with E-state index in [-0.39, 0.29) is 6.03 Å². The largest absolute Gasteiger partial charge is 0.378 e. The molecule has 0 radical (unpaired) electrons. The molecule has 2 rings (SSSR count). The Morgan fingerprint density at radius 3 is 2.25 bits per heavy atom. The highest BCUT2D eigenvalue weighted by Gasteiger charge is 2.01. The van der Waals surface area contributed by atoms with Gasteiger partial charge in [0.2, 0.25) is 0 Å². The van der Waals surface area contributed by atoms with E-state index in [0.29, 0.717) is 6.54 Å². The number of urea groups is 1. The van der Waals surface area contributed by atoms with Crippen LogP contribution in [0, 0.1) is 0 Å². The Bertz CT molecular complexity index is 550. The van der Waals surface area contributed by atoms with Crippen LogP contribution in [-0.2, 0) is 6.54 Å². The summed E-state index contributed by atoms with van der Waals surface area (Å²) in [6, 6.07) is 17.3. The number of rotatable bonds is 4. The van der Waals surface area contributed by atoms with Gasteiger partial charge in [-0.3, -0.25) is 0 Å². The van der Waals surface area contributed by atoms with Crippen LogP contribution in [0.4, 0.5) is 16.2 Å². The fourth-order valence-electron chi connectivity index (χ4n) is 1.79. The summed E-state index contributed by atoms with van der Waals surface area (Å²) in [7, 11) is 4.00. The molecule has 0 heterocycles. The van der Waals surface area contributed by atoms with E-state index in [0.717, 1.165) is 16.9 Å². The zero-order valence-corrected chi connectivity index (χ0v) is 11.8. The van der Waals surface area contributed by atoms with Crippen LogP contribution in [0.25, 0.3) is 0 Å². The molecule has 2 amide bonds. The number of nitrogens with one attached hydrogen (secondary N) is 2. The molecule has 0 atom stereocenters. The lowest BCUT2D eigenvalue weighted by atomic mass is 10.2.